The highest BCUT2D eigenvalue weighted by atomic mass is 19.1. The van der Waals surface area contributed by atoms with E-state index < -0.39 is 23.7 Å². The zero-order chi connectivity index (χ0) is 21.1. The van der Waals surface area contributed by atoms with Gasteiger partial charge in [0.2, 0.25) is 5.91 Å². The fourth-order valence-electron chi connectivity index (χ4n) is 3.10. The van der Waals surface area contributed by atoms with Gasteiger partial charge in [0.15, 0.2) is 11.6 Å². The Hall–Kier alpha value is -3.75. The fourth-order valence-corrected chi connectivity index (χ4v) is 3.10. The van der Waals surface area contributed by atoms with Crippen LogP contribution in [0.1, 0.15) is 23.7 Å². The van der Waals surface area contributed by atoms with Crippen LogP contribution in [0.15, 0.2) is 42.6 Å². The van der Waals surface area contributed by atoms with Gasteiger partial charge < -0.3 is 21.7 Å². The number of nitrogens with one attached hydrogen (secondary N) is 1. The molecule has 5 N–H and O–H groups in total. The van der Waals surface area contributed by atoms with Crippen LogP contribution in [0.3, 0.4) is 0 Å². The lowest BCUT2D eigenvalue weighted by molar-refractivity contribution is -0.119. The maximum atomic E-state index is 14.6. The van der Waals surface area contributed by atoms with E-state index in [1.54, 1.807) is 25.3 Å². The van der Waals surface area contributed by atoms with Crippen molar-refractivity contribution in [3.63, 3.8) is 0 Å². The minimum atomic E-state index is -0.839. The van der Waals surface area contributed by atoms with Crippen LogP contribution in [0.25, 0.3) is 10.9 Å². The number of hydrogen-bond donors (Lipinski definition) is 3. The van der Waals surface area contributed by atoms with Gasteiger partial charge in [-0.05, 0) is 30.7 Å². The summed E-state index contributed by atoms with van der Waals surface area (Å²) in [6, 6.07) is 9.39. The first kappa shape index (κ1) is 20.0. The Labute approximate surface area is 166 Å². The molecule has 0 bridgehead atoms. The van der Waals surface area contributed by atoms with Crippen molar-refractivity contribution in [1.29, 1.82) is 0 Å². The van der Waals surface area contributed by atoms with Crippen molar-refractivity contribution in [1.82, 2.24) is 9.97 Å². The summed E-state index contributed by atoms with van der Waals surface area (Å²) >= 11 is 0. The lowest BCUT2D eigenvalue weighted by atomic mass is 10.1. The number of rotatable bonds is 7. The van der Waals surface area contributed by atoms with E-state index in [2.05, 4.69) is 15.3 Å². The summed E-state index contributed by atoms with van der Waals surface area (Å²) in [6.07, 6.45) is 2.03. The second-order valence-electron chi connectivity index (χ2n) is 6.53. The second-order valence-corrected chi connectivity index (χ2v) is 6.53. The summed E-state index contributed by atoms with van der Waals surface area (Å²) in [5, 5.41) is 3.93. The third kappa shape index (κ3) is 4.08. The minimum absolute atomic E-state index is 0.0651. The molecule has 2 amide bonds. The zero-order valence-corrected chi connectivity index (χ0v) is 16.0. The predicted molar refractivity (Wildman–Crippen MR) is 109 cm³/mol. The summed E-state index contributed by atoms with van der Waals surface area (Å²) in [6.45, 7) is 1.75. The maximum absolute atomic E-state index is 14.6. The Morgan fingerprint density at radius 2 is 2.00 bits per heavy atom. The Morgan fingerprint density at radius 1 is 1.24 bits per heavy atom. The topological polar surface area (TPSA) is 127 Å². The van der Waals surface area contributed by atoms with Crippen LogP contribution in [0.2, 0.25) is 0 Å². The number of primary amides is 2. The molecule has 29 heavy (non-hydrogen) atoms. The summed E-state index contributed by atoms with van der Waals surface area (Å²) in [7, 11) is 1.51. The van der Waals surface area contributed by atoms with Crippen molar-refractivity contribution in [2.45, 2.75) is 19.4 Å². The van der Waals surface area contributed by atoms with E-state index >= 15 is 0 Å². The monoisotopic (exact) mass is 396 g/mol. The molecule has 0 aliphatic heterocycles. The highest BCUT2D eigenvalue weighted by Crippen LogP contribution is 2.27. The van der Waals surface area contributed by atoms with Crippen molar-refractivity contribution >= 4 is 40.0 Å². The predicted octanol–water partition coefficient (Wildman–Crippen LogP) is 2.31. The number of halogens is 1. The molecule has 0 aliphatic rings. The van der Waals surface area contributed by atoms with Crippen molar-refractivity contribution < 1.29 is 14.0 Å². The molecule has 1 unspecified atom stereocenters. The van der Waals surface area contributed by atoms with Gasteiger partial charge in [0.05, 0.1) is 11.1 Å². The molecule has 3 rings (SSSR count). The number of pyridine rings is 2. The van der Waals surface area contributed by atoms with E-state index in [-0.39, 0.29) is 17.2 Å². The molecular formula is C20H21FN6O2. The highest BCUT2D eigenvalue weighted by Gasteiger charge is 2.25. The Bertz CT molecular complexity index is 1090. The van der Waals surface area contributed by atoms with E-state index in [0.29, 0.717) is 12.1 Å². The van der Waals surface area contributed by atoms with Crippen LogP contribution in [0.5, 0.6) is 0 Å². The third-order valence-electron chi connectivity index (χ3n) is 4.61. The largest absolute Gasteiger partial charge is 0.368 e. The van der Waals surface area contributed by atoms with Gasteiger partial charge in [-0.2, -0.15) is 0 Å². The zero-order valence-electron chi connectivity index (χ0n) is 16.0. The first-order valence-corrected chi connectivity index (χ1v) is 8.96. The maximum Gasteiger partial charge on any atom is 0.252 e. The van der Waals surface area contributed by atoms with Crippen molar-refractivity contribution in [3.8, 4) is 0 Å². The summed E-state index contributed by atoms with van der Waals surface area (Å²) in [5.74, 6) is -2.29. The molecule has 0 radical (unpaired) electrons. The molecular weight excluding hydrogens is 375 g/mol. The molecule has 0 saturated carbocycles. The molecule has 3 aromatic rings. The number of fused-ring (bicyclic) bond motifs is 1. The molecule has 2 aromatic heterocycles. The average Bonchev–Trinajstić information content (AvgIpc) is 2.68. The van der Waals surface area contributed by atoms with Gasteiger partial charge in [0.25, 0.3) is 5.91 Å². The SMILES string of the molecule is CCC(C(N)=O)N(C)c1nc(Nc2ccc3cccnc3c2)c(C(N)=O)cc1F. The van der Waals surface area contributed by atoms with Gasteiger partial charge in [-0.15, -0.1) is 0 Å². The molecule has 2 heterocycles. The average molecular weight is 396 g/mol. The van der Waals surface area contributed by atoms with E-state index in [0.717, 1.165) is 17.0 Å². The van der Waals surface area contributed by atoms with Gasteiger partial charge in [-0.25, -0.2) is 9.37 Å². The lowest BCUT2D eigenvalue weighted by Crippen LogP contribution is -2.43. The molecule has 0 saturated heterocycles. The number of benzene rings is 1. The third-order valence-corrected chi connectivity index (χ3v) is 4.61. The minimum Gasteiger partial charge on any atom is -0.368 e. The lowest BCUT2D eigenvalue weighted by Gasteiger charge is -2.26. The Balaban J connectivity index is 2.05. The Morgan fingerprint density at radius 3 is 2.66 bits per heavy atom. The number of likely N-dealkylation sites (N-methyl/N-ethyl adjacent to an activating group) is 1. The number of aromatic nitrogens is 2. The normalized spacial score (nSPS) is 11.8. The van der Waals surface area contributed by atoms with Crippen molar-refractivity contribution in [2.75, 3.05) is 17.3 Å². The van der Waals surface area contributed by atoms with Gasteiger partial charge in [0.1, 0.15) is 11.9 Å². The van der Waals surface area contributed by atoms with Crippen LogP contribution in [0.4, 0.5) is 21.7 Å². The molecule has 1 aromatic carbocycles. The van der Waals surface area contributed by atoms with E-state index in [1.165, 1.54) is 11.9 Å². The molecule has 0 spiro atoms. The van der Waals surface area contributed by atoms with Crippen molar-refractivity contribution in [3.05, 3.63) is 54.0 Å². The standard InChI is InChI=1S/C20H21FN6O2/c1-3-16(18(23)29)27(2)20-14(21)10-13(17(22)28)19(26-20)25-12-7-6-11-5-4-8-24-15(11)9-12/h4-10,16H,3H2,1-2H3,(H2,22,28)(H2,23,29)(H,25,26). The fraction of sp³-hybridized carbons (Fsp3) is 0.200. The van der Waals surface area contributed by atoms with Crippen LogP contribution in [0, 0.1) is 5.82 Å². The summed E-state index contributed by atoms with van der Waals surface area (Å²) in [4.78, 5) is 33.4. The van der Waals surface area contributed by atoms with Gasteiger partial charge in [0, 0.05) is 24.3 Å². The number of carbonyl (C=O) groups excluding carboxylic acids is 2. The smallest absolute Gasteiger partial charge is 0.252 e. The van der Waals surface area contributed by atoms with Crippen LogP contribution in [-0.4, -0.2) is 34.9 Å². The molecule has 9 heteroatoms. The molecule has 0 fully saturated rings. The van der Waals surface area contributed by atoms with E-state index in [9.17, 15) is 14.0 Å². The van der Waals surface area contributed by atoms with Gasteiger partial charge in [-0.3, -0.25) is 14.6 Å². The number of nitrogens with zero attached hydrogens (tertiary/aromatic N) is 3. The number of nitrogens with two attached hydrogens (primary N) is 2. The highest BCUT2D eigenvalue weighted by molar-refractivity contribution is 5.99. The van der Waals surface area contributed by atoms with Gasteiger partial charge in [-0.1, -0.05) is 19.1 Å². The summed E-state index contributed by atoms with van der Waals surface area (Å²) < 4.78 is 14.6. The quantitative estimate of drug-likeness (QED) is 0.562. The molecule has 150 valence electrons. The first-order valence-electron chi connectivity index (χ1n) is 8.96. The first-order chi connectivity index (χ1) is 13.8. The van der Waals surface area contributed by atoms with Crippen LogP contribution >= 0.6 is 0 Å². The molecule has 8 nitrogen and oxygen atoms in total. The number of hydrogen-bond acceptors (Lipinski definition) is 6. The number of carbonyl (C=O) groups is 2. The van der Waals surface area contributed by atoms with E-state index in [4.69, 9.17) is 11.5 Å². The number of anilines is 3. The van der Waals surface area contributed by atoms with Crippen LogP contribution < -0.4 is 21.7 Å². The second kappa shape index (κ2) is 8.09. The molecule has 0 aliphatic carbocycles. The van der Waals surface area contributed by atoms with Gasteiger partial charge >= 0.3 is 0 Å². The Kier molecular flexibility index (Phi) is 5.58. The molecule has 1 atom stereocenters. The van der Waals surface area contributed by atoms with Crippen molar-refractivity contribution in [2.24, 2.45) is 11.5 Å². The van der Waals surface area contributed by atoms with E-state index in [1.807, 2.05) is 18.2 Å². The number of amides is 2. The van der Waals surface area contributed by atoms with Crippen LogP contribution in [-0.2, 0) is 4.79 Å². The summed E-state index contributed by atoms with van der Waals surface area (Å²) in [5.41, 5.74) is 12.0.